The third kappa shape index (κ3) is 5.13. The summed E-state index contributed by atoms with van der Waals surface area (Å²) in [5.41, 5.74) is 0.919. The summed E-state index contributed by atoms with van der Waals surface area (Å²) in [4.78, 5) is 17.2. The van der Waals surface area contributed by atoms with Crippen LogP contribution in [0.4, 0.5) is 5.69 Å². The molecule has 34 heavy (non-hydrogen) atoms. The number of rotatable bonds is 6. The summed E-state index contributed by atoms with van der Waals surface area (Å²) in [6.45, 7) is 5.61. The number of piperazine rings is 1. The second kappa shape index (κ2) is 9.81. The number of ether oxygens (including phenoxy) is 3. The monoisotopic (exact) mass is 487 g/mol. The molecular weight excluding hydrogens is 458 g/mol. The highest BCUT2D eigenvalue weighted by Gasteiger charge is 2.26. The molecular formula is C24H29N3O6S. The molecule has 0 saturated carbocycles. The van der Waals surface area contributed by atoms with Gasteiger partial charge in [-0.2, -0.15) is 0 Å². The van der Waals surface area contributed by atoms with Crippen LogP contribution in [0.15, 0.2) is 47.4 Å². The molecule has 182 valence electrons. The highest BCUT2D eigenvalue weighted by Crippen LogP contribution is 2.32. The summed E-state index contributed by atoms with van der Waals surface area (Å²) in [5, 5.41) is 0. The maximum Gasteiger partial charge on any atom is 0.262 e. The van der Waals surface area contributed by atoms with E-state index in [4.69, 9.17) is 14.2 Å². The van der Waals surface area contributed by atoms with E-state index in [1.54, 1.807) is 30.3 Å². The van der Waals surface area contributed by atoms with Gasteiger partial charge in [0.25, 0.3) is 15.9 Å². The largest absolute Gasteiger partial charge is 0.486 e. The molecule has 9 nitrogen and oxygen atoms in total. The Bertz CT molecular complexity index is 1120. The Morgan fingerprint density at radius 1 is 0.941 bits per heavy atom. The van der Waals surface area contributed by atoms with E-state index in [1.165, 1.54) is 12.1 Å². The molecule has 3 aliphatic rings. The van der Waals surface area contributed by atoms with Gasteiger partial charge < -0.3 is 19.1 Å². The van der Waals surface area contributed by atoms with Crippen LogP contribution in [0.3, 0.4) is 0 Å². The Hall–Kier alpha value is -2.82. The summed E-state index contributed by atoms with van der Waals surface area (Å²) in [6.07, 6.45) is 2.57. The number of amides is 1. The number of fused-ring (bicyclic) bond motifs is 1. The van der Waals surface area contributed by atoms with Gasteiger partial charge in [0.05, 0.1) is 11.0 Å². The van der Waals surface area contributed by atoms with Crippen molar-refractivity contribution in [2.75, 3.05) is 57.3 Å². The lowest BCUT2D eigenvalue weighted by Crippen LogP contribution is -2.50. The van der Waals surface area contributed by atoms with Gasteiger partial charge in [-0.05, 0) is 49.2 Å². The molecule has 10 heteroatoms. The standard InChI is InChI=1S/C24H29N3O6S/c28-24(27-11-9-26(10-12-27)17-20-2-1-13-31-20)18-3-5-19(6-4-18)25-34(29,30)21-7-8-22-23(16-21)33-15-14-32-22/h3-8,16,20,25H,1-2,9-15,17H2/t20-/m1/s1. The van der Waals surface area contributed by atoms with Crippen molar-refractivity contribution in [2.24, 2.45) is 0 Å². The highest BCUT2D eigenvalue weighted by atomic mass is 32.2. The average molecular weight is 488 g/mol. The molecule has 3 aliphatic heterocycles. The molecule has 5 rings (SSSR count). The third-order valence-electron chi connectivity index (χ3n) is 6.35. The second-order valence-corrected chi connectivity index (χ2v) is 10.4. The number of nitrogens with one attached hydrogen (secondary N) is 1. The van der Waals surface area contributed by atoms with E-state index in [-0.39, 0.29) is 10.8 Å². The molecule has 1 amide bonds. The zero-order valence-corrected chi connectivity index (χ0v) is 19.8. The molecule has 2 aromatic carbocycles. The first kappa shape index (κ1) is 22.9. The number of hydrogen-bond donors (Lipinski definition) is 1. The minimum atomic E-state index is -3.81. The van der Waals surface area contributed by atoms with E-state index in [2.05, 4.69) is 9.62 Å². The fourth-order valence-corrected chi connectivity index (χ4v) is 5.55. The molecule has 0 spiro atoms. The predicted octanol–water partition coefficient (Wildman–Crippen LogP) is 2.20. The minimum absolute atomic E-state index is 0.0435. The van der Waals surface area contributed by atoms with E-state index in [0.29, 0.717) is 55.2 Å². The zero-order chi connectivity index (χ0) is 23.5. The molecule has 2 fully saturated rings. The van der Waals surface area contributed by atoms with E-state index in [0.717, 1.165) is 39.1 Å². The highest BCUT2D eigenvalue weighted by molar-refractivity contribution is 7.92. The van der Waals surface area contributed by atoms with Gasteiger partial charge in [-0.15, -0.1) is 0 Å². The Labute approximate surface area is 199 Å². The van der Waals surface area contributed by atoms with E-state index < -0.39 is 10.0 Å². The molecule has 0 bridgehead atoms. The van der Waals surface area contributed by atoms with Gasteiger partial charge in [0.15, 0.2) is 11.5 Å². The van der Waals surface area contributed by atoms with E-state index in [1.807, 2.05) is 4.90 Å². The van der Waals surface area contributed by atoms with Crippen LogP contribution in [0.2, 0.25) is 0 Å². The van der Waals surface area contributed by atoms with Crippen LogP contribution in [0.1, 0.15) is 23.2 Å². The summed E-state index contributed by atoms with van der Waals surface area (Å²) in [7, 11) is -3.81. The maximum atomic E-state index is 12.9. The van der Waals surface area contributed by atoms with Crippen molar-refractivity contribution in [3.05, 3.63) is 48.0 Å². The Balaban J connectivity index is 1.18. The van der Waals surface area contributed by atoms with E-state index in [9.17, 15) is 13.2 Å². The number of benzene rings is 2. The van der Waals surface area contributed by atoms with Gasteiger partial charge in [-0.1, -0.05) is 0 Å². The lowest BCUT2D eigenvalue weighted by atomic mass is 10.1. The normalized spacial score (nSPS) is 20.8. The first-order valence-corrected chi connectivity index (χ1v) is 13.1. The first-order chi connectivity index (χ1) is 16.5. The van der Waals surface area contributed by atoms with Crippen LogP contribution in [0.5, 0.6) is 11.5 Å². The Morgan fingerprint density at radius 3 is 2.38 bits per heavy atom. The quantitative estimate of drug-likeness (QED) is 0.667. The average Bonchev–Trinajstić information content (AvgIpc) is 3.37. The smallest absolute Gasteiger partial charge is 0.262 e. The molecule has 3 heterocycles. The van der Waals surface area contributed by atoms with Gasteiger partial charge in [0.1, 0.15) is 13.2 Å². The number of nitrogens with zero attached hydrogens (tertiary/aromatic N) is 2. The molecule has 0 unspecified atom stereocenters. The lowest BCUT2D eigenvalue weighted by Gasteiger charge is -2.35. The number of carbonyl (C=O) groups is 1. The van der Waals surface area contributed by atoms with Crippen LogP contribution in [-0.2, 0) is 14.8 Å². The van der Waals surface area contributed by atoms with Crippen molar-refractivity contribution in [1.29, 1.82) is 0 Å². The van der Waals surface area contributed by atoms with Gasteiger partial charge in [0, 0.05) is 56.6 Å². The molecule has 0 radical (unpaired) electrons. The first-order valence-electron chi connectivity index (χ1n) is 11.6. The molecule has 1 atom stereocenters. The predicted molar refractivity (Wildman–Crippen MR) is 126 cm³/mol. The van der Waals surface area contributed by atoms with Gasteiger partial charge in [-0.3, -0.25) is 14.4 Å². The van der Waals surface area contributed by atoms with Crippen molar-refractivity contribution in [3.63, 3.8) is 0 Å². The van der Waals surface area contributed by atoms with Crippen LogP contribution in [-0.4, -0.2) is 82.8 Å². The number of sulfonamides is 1. The molecule has 0 aromatic heterocycles. The zero-order valence-electron chi connectivity index (χ0n) is 18.9. The second-order valence-electron chi connectivity index (χ2n) is 8.72. The fourth-order valence-electron chi connectivity index (χ4n) is 4.48. The van der Waals surface area contributed by atoms with Crippen LogP contribution < -0.4 is 14.2 Å². The van der Waals surface area contributed by atoms with Gasteiger partial charge in [-0.25, -0.2) is 8.42 Å². The molecule has 2 aromatic rings. The molecule has 1 N–H and O–H groups in total. The Kier molecular flexibility index (Phi) is 6.62. The maximum absolute atomic E-state index is 12.9. The summed E-state index contributed by atoms with van der Waals surface area (Å²) in [5.74, 6) is 0.893. The SMILES string of the molecule is O=C(c1ccc(NS(=O)(=O)c2ccc3c(c2)OCCO3)cc1)N1CCN(C[C@H]2CCCO2)CC1. The molecule has 0 aliphatic carbocycles. The van der Waals surface area contributed by atoms with Crippen molar-refractivity contribution in [1.82, 2.24) is 9.80 Å². The van der Waals surface area contributed by atoms with Gasteiger partial charge in [0.2, 0.25) is 0 Å². The number of carbonyl (C=O) groups excluding carboxylic acids is 1. The minimum Gasteiger partial charge on any atom is -0.486 e. The summed E-state index contributed by atoms with van der Waals surface area (Å²) in [6, 6.07) is 11.0. The molecule has 2 saturated heterocycles. The van der Waals surface area contributed by atoms with Gasteiger partial charge >= 0.3 is 0 Å². The van der Waals surface area contributed by atoms with Crippen molar-refractivity contribution in [2.45, 2.75) is 23.8 Å². The lowest BCUT2D eigenvalue weighted by molar-refractivity contribution is 0.0432. The summed E-state index contributed by atoms with van der Waals surface area (Å²) >= 11 is 0. The Morgan fingerprint density at radius 2 is 1.68 bits per heavy atom. The van der Waals surface area contributed by atoms with Crippen molar-refractivity contribution >= 4 is 21.6 Å². The summed E-state index contributed by atoms with van der Waals surface area (Å²) < 4.78 is 44.8. The van der Waals surface area contributed by atoms with Crippen LogP contribution in [0, 0.1) is 0 Å². The topological polar surface area (TPSA) is 97.4 Å². The van der Waals surface area contributed by atoms with E-state index >= 15 is 0 Å². The third-order valence-corrected chi connectivity index (χ3v) is 7.73. The number of hydrogen-bond acceptors (Lipinski definition) is 7. The van der Waals surface area contributed by atoms with Crippen molar-refractivity contribution in [3.8, 4) is 11.5 Å². The van der Waals surface area contributed by atoms with Crippen LogP contribution >= 0.6 is 0 Å². The number of anilines is 1. The van der Waals surface area contributed by atoms with Crippen molar-refractivity contribution < 1.29 is 27.4 Å². The van der Waals surface area contributed by atoms with Crippen LogP contribution in [0.25, 0.3) is 0 Å². The fraction of sp³-hybridized carbons (Fsp3) is 0.458.